The Labute approximate surface area is 109 Å². The van der Waals surface area contributed by atoms with Crippen LogP contribution in [0.5, 0.6) is 5.75 Å². The van der Waals surface area contributed by atoms with Gasteiger partial charge in [-0.2, -0.15) is 0 Å². The third kappa shape index (κ3) is 2.74. The van der Waals surface area contributed by atoms with E-state index in [0.29, 0.717) is 11.3 Å². The van der Waals surface area contributed by atoms with E-state index in [-0.39, 0.29) is 9.30 Å². The molecule has 0 saturated carbocycles. The Hall–Kier alpha value is -0.620. The minimum atomic E-state index is -0.733. The third-order valence-corrected chi connectivity index (χ3v) is 2.95. The Balaban J connectivity index is 3.31. The standard InChI is InChI=1S/C10H9Br2FO3/c1-15-8-4-5(10(14)16-2)7(13)3-6(8)9(11)12/h3-4,9H,1-2H3. The summed E-state index contributed by atoms with van der Waals surface area (Å²) < 4.78 is 22.8. The van der Waals surface area contributed by atoms with E-state index >= 15 is 0 Å². The van der Waals surface area contributed by atoms with Gasteiger partial charge in [-0.05, 0) is 12.1 Å². The van der Waals surface area contributed by atoms with Crippen molar-refractivity contribution in [3.05, 3.63) is 29.1 Å². The maximum absolute atomic E-state index is 13.6. The topological polar surface area (TPSA) is 35.5 Å². The highest BCUT2D eigenvalue weighted by Gasteiger charge is 2.19. The predicted octanol–water partition coefficient (Wildman–Crippen LogP) is 3.41. The fourth-order valence-corrected chi connectivity index (χ4v) is 1.90. The highest BCUT2D eigenvalue weighted by Crippen LogP contribution is 2.37. The summed E-state index contributed by atoms with van der Waals surface area (Å²) >= 11 is 6.48. The van der Waals surface area contributed by atoms with Gasteiger partial charge in [-0.1, -0.05) is 31.9 Å². The summed E-state index contributed by atoms with van der Waals surface area (Å²) in [5, 5.41) is 0. The van der Waals surface area contributed by atoms with Gasteiger partial charge in [0.25, 0.3) is 0 Å². The molecule has 0 aliphatic heterocycles. The van der Waals surface area contributed by atoms with Crippen LogP contribution in [0, 0.1) is 5.82 Å². The number of alkyl halides is 2. The summed E-state index contributed by atoms with van der Waals surface area (Å²) in [5.41, 5.74) is 0.413. The fraction of sp³-hybridized carbons (Fsp3) is 0.300. The monoisotopic (exact) mass is 354 g/mol. The lowest BCUT2D eigenvalue weighted by atomic mass is 10.1. The largest absolute Gasteiger partial charge is 0.496 e. The molecule has 0 fully saturated rings. The number of hydrogen-bond donors (Lipinski definition) is 0. The van der Waals surface area contributed by atoms with Crippen molar-refractivity contribution in [2.75, 3.05) is 14.2 Å². The summed E-state index contributed by atoms with van der Waals surface area (Å²) in [4.78, 5) is 11.2. The fourth-order valence-electron chi connectivity index (χ4n) is 1.18. The molecule has 0 aliphatic rings. The molecule has 1 rings (SSSR count). The van der Waals surface area contributed by atoms with Crippen LogP contribution in [-0.2, 0) is 4.74 Å². The van der Waals surface area contributed by atoms with Gasteiger partial charge in [0, 0.05) is 5.56 Å². The smallest absolute Gasteiger partial charge is 0.340 e. The number of hydrogen-bond acceptors (Lipinski definition) is 3. The zero-order valence-corrected chi connectivity index (χ0v) is 11.8. The number of ether oxygens (including phenoxy) is 2. The zero-order valence-electron chi connectivity index (χ0n) is 8.59. The van der Waals surface area contributed by atoms with E-state index in [1.54, 1.807) is 0 Å². The van der Waals surface area contributed by atoms with Gasteiger partial charge < -0.3 is 9.47 Å². The first-order valence-electron chi connectivity index (χ1n) is 4.25. The second-order valence-electron chi connectivity index (χ2n) is 2.87. The number of halogens is 3. The van der Waals surface area contributed by atoms with Crippen LogP contribution in [-0.4, -0.2) is 20.2 Å². The molecule has 0 amide bonds. The first-order chi connectivity index (χ1) is 7.51. The minimum Gasteiger partial charge on any atom is -0.496 e. The Morgan fingerprint density at radius 2 is 2.00 bits per heavy atom. The van der Waals surface area contributed by atoms with Crippen molar-refractivity contribution in [1.82, 2.24) is 0 Å². The molecule has 0 aliphatic carbocycles. The van der Waals surface area contributed by atoms with Crippen molar-refractivity contribution in [3.8, 4) is 5.75 Å². The van der Waals surface area contributed by atoms with Crippen LogP contribution in [0.25, 0.3) is 0 Å². The van der Waals surface area contributed by atoms with Crippen molar-refractivity contribution < 1.29 is 18.7 Å². The first kappa shape index (κ1) is 13.4. The molecule has 0 unspecified atom stereocenters. The maximum atomic E-state index is 13.6. The highest BCUT2D eigenvalue weighted by atomic mass is 79.9. The molecular formula is C10H9Br2FO3. The normalized spacial score (nSPS) is 10.4. The van der Waals surface area contributed by atoms with E-state index in [4.69, 9.17) is 4.74 Å². The quantitative estimate of drug-likeness (QED) is 0.615. The summed E-state index contributed by atoms with van der Waals surface area (Å²) in [7, 11) is 2.64. The summed E-state index contributed by atoms with van der Waals surface area (Å²) in [5.74, 6) is -0.977. The molecule has 0 spiro atoms. The van der Waals surface area contributed by atoms with Crippen molar-refractivity contribution in [2.24, 2.45) is 0 Å². The molecule has 3 nitrogen and oxygen atoms in total. The lowest BCUT2D eigenvalue weighted by Gasteiger charge is -2.11. The van der Waals surface area contributed by atoms with E-state index < -0.39 is 11.8 Å². The molecule has 0 aromatic heterocycles. The number of methoxy groups -OCH3 is 2. The molecule has 0 bridgehead atoms. The van der Waals surface area contributed by atoms with Gasteiger partial charge in [0.05, 0.1) is 23.5 Å². The molecule has 0 atom stereocenters. The maximum Gasteiger partial charge on any atom is 0.340 e. The van der Waals surface area contributed by atoms with E-state index in [0.717, 1.165) is 0 Å². The SMILES string of the molecule is COC(=O)c1cc(OC)c(C(Br)Br)cc1F. The van der Waals surface area contributed by atoms with Gasteiger partial charge in [0.2, 0.25) is 0 Å². The molecule has 1 aromatic rings. The Morgan fingerprint density at radius 1 is 1.38 bits per heavy atom. The van der Waals surface area contributed by atoms with Gasteiger partial charge in [0.1, 0.15) is 11.6 Å². The van der Waals surface area contributed by atoms with Crippen LogP contribution in [0.15, 0.2) is 12.1 Å². The summed E-state index contributed by atoms with van der Waals surface area (Å²) in [6.07, 6.45) is 0. The van der Waals surface area contributed by atoms with Gasteiger partial charge in [-0.15, -0.1) is 0 Å². The number of carbonyl (C=O) groups is 1. The summed E-state index contributed by atoms with van der Waals surface area (Å²) in [6, 6.07) is 2.53. The van der Waals surface area contributed by atoms with Crippen LogP contribution in [0.1, 0.15) is 19.7 Å². The minimum absolute atomic E-state index is 0.149. The number of benzene rings is 1. The second kappa shape index (κ2) is 5.63. The van der Waals surface area contributed by atoms with E-state index in [9.17, 15) is 9.18 Å². The van der Waals surface area contributed by atoms with E-state index in [1.165, 1.54) is 26.4 Å². The van der Waals surface area contributed by atoms with Crippen molar-refractivity contribution in [3.63, 3.8) is 0 Å². The molecule has 1 aromatic carbocycles. The van der Waals surface area contributed by atoms with Crippen molar-refractivity contribution >= 4 is 37.8 Å². The third-order valence-electron chi connectivity index (χ3n) is 1.96. The average Bonchev–Trinajstić information content (AvgIpc) is 2.27. The van der Waals surface area contributed by atoms with Crippen LogP contribution in [0.2, 0.25) is 0 Å². The number of esters is 1. The predicted molar refractivity (Wildman–Crippen MR) is 64.9 cm³/mol. The number of rotatable bonds is 3. The average molecular weight is 356 g/mol. The second-order valence-corrected chi connectivity index (χ2v) is 5.93. The molecular weight excluding hydrogens is 347 g/mol. The highest BCUT2D eigenvalue weighted by molar-refractivity contribution is 9.24. The number of carbonyl (C=O) groups excluding carboxylic acids is 1. The van der Waals surface area contributed by atoms with Crippen molar-refractivity contribution in [1.29, 1.82) is 0 Å². The first-order valence-corrected chi connectivity index (χ1v) is 6.08. The molecule has 6 heteroatoms. The van der Waals surface area contributed by atoms with Crippen LogP contribution in [0.3, 0.4) is 0 Å². The molecule has 0 heterocycles. The van der Waals surface area contributed by atoms with Gasteiger partial charge in [-0.25, -0.2) is 9.18 Å². The van der Waals surface area contributed by atoms with Crippen LogP contribution in [0.4, 0.5) is 4.39 Å². The zero-order chi connectivity index (χ0) is 12.3. The lowest BCUT2D eigenvalue weighted by molar-refractivity contribution is 0.0595. The molecule has 0 radical (unpaired) electrons. The van der Waals surface area contributed by atoms with Gasteiger partial charge in [-0.3, -0.25) is 0 Å². The Morgan fingerprint density at radius 3 is 2.44 bits per heavy atom. The Bertz CT molecular complexity index is 407. The van der Waals surface area contributed by atoms with Crippen molar-refractivity contribution in [2.45, 2.75) is 3.74 Å². The Kier molecular flexibility index (Phi) is 4.73. The molecule has 0 saturated heterocycles. The molecule has 0 N–H and O–H groups in total. The van der Waals surface area contributed by atoms with E-state index in [1.807, 2.05) is 0 Å². The van der Waals surface area contributed by atoms with Crippen LogP contribution < -0.4 is 4.74 Å². The van der Waals surface area contributed by atoms with Gasteiger partial charge >= 0.3 is 5.97 Å². The van der Waals surface area contributed by atoms with Crippen LogP contribution >= 0.6 is 31.9 Å². The lowest BCUT2D eigenvalue weighted by Crippen LogP contribution is -2.06. The molecule has 16 heavy (non-hydrogen) atoms. The summed E-state index contributed by atoms with van der Waals surface area (Å²) in [6.45, 7) is 0. The van der Waals surface area contributed by atoms with Gasteiger partial charge in [0.15, 0.2) is 0 Å². The van der Waals surface area contributed by atoms with E-state index in [2.05, 4.69) is 36.6 Å². The molecule has 88 valence electrons.